The van der Waals surface area contributed by atoms with Crippen molar-refractivity contribution in [1.82, 2.24) is 14.8 Å². The Balaban J connectivity index is 1.42. The molecule has 2 aromatic rings. The maximum absolute atomic E-state index is 12.6. The summed E-state index contributed by atoms with van der Waals surface area (Å²) in [6, 6.07) is 9.08. The number of hydrogen-bond donors (Lipinski definition) is 1. The molecule has 1 N–H and O–H groups in total. The number of aromatic nitrogens is 1. The zero-order valence-electron chi connectivity index (χ0n) is 15.0. The number of piperidine rings is 1. The lowest BCUT2D eigenvalue weighted by Crippen LogP contribution is -2.64. The summed E-state index contributed by atoms with van der Waals surface area (Å²) < 4.78 is 0. The summed E-state index contributed by atoms with van der Waals surface area (Å²) in [5.74, 6) is 0. The van der Waals surface area contributed by atoms with Crippen molar-refractivity contribution in [2.45, 2.75) is 45.2 Å². The molecule has 0 radical (unpaired) electrons. The summed E-state index contributed by atoms with van der Waals surface area (Å²) in [7, 11) is 0. The first kappa shape index (κ1) is 16.3. The number of nitrogens with zero attached hydrogens (tertiary/aromatic N) is 3. The molecule has 3 heterocycles. The number of carbonyl (C=O) groups excluding carboxylic acids is 1. The van der Waals surface area contributed by atoms with Gasteiger partial charge in [0.2, 0.25) is 0 Å². The molecule has 1 aromatic heterocycles. The average molecular weight is 338 g/mol. The SMILES string of the molecule is Cc1ccc(NC(=O)N2CC(N3CCCC[C@H]3C)C2)c2cccnc12. The number of anilines is 1. The second kappa shape index (κ2) is 6.64. The van der Waals surface area contributed by atoms with Gasteiger partial charge in [-0.2, -0.15) is 0 Å². The molecular formula is C20H26N4O. The third-order valence-electron chi connectivity index (χ3n) is 5.69. The molecule has 5 heteroatoms. The number of fused-ring (bicyclic) bond motifs is 1. The molecule has 1 atom stereocenters. The quantitative estimate of drug-likeness (QED) is 0.909. The van der Waals surface area contributed by atoms with Gasteiger partial charge < -0.3 is 10.2 Å². The van der Waals surface area contributed by atoms with E-state index in [1.54, 1.807) is 6.20 Å². The molecule has 2 aliphatic rings. The smallest absolute Gasteiger partial charge is 0.321 e. The van der Waals surface area contributed by atoms with Crippen molar-refractivity contribution in [3.63, 3.8) is 0 Å². The number of amides is 2. The fourth-order valence-electron chi connectivity index (χ4n) is 4.11. The van der Waals surface area contributed by atoms with E-state index in [9.17, 15) is 4.79 Å². The van der Waals surface area contributed by atoms with E-state index in [4.69, 9.17) is 0 Å². The molecule has 0 saturated carbocycles. The third-order valence-corrected chi connectivity index (χ3v) is 5.69. The minimum absolute atomic E-state index is 0.00470. The van der Waals surface area contributed by atoms with Gasteiger partial charge in [-0.3, -0.25) is 9.88 Å². The van der Waals surface area contributed by atoms with E-state index in [2.05, 4.69) is 22.1 Å². The molecule has 4 rings (SSSR count). The van der Waals surface area contributed by atoms with Gasteiger partial charge in [-0.05, 0) is 57.0 Å². The van der Waals surface area contributed by atoms with Gasteiger partial charge in [-0.1, -0.05) is 12.5 Å². The van der Waals surface area contributed by atoms with Crippen LogP contribution in [0, 0.1) is 6.92 Å². The lowest BCUT2D eigenvalue weighted by Gasteiger charge is -2.49. The first-order chi connectivity index (χ1) is 12.1. The van der Waals surface area contributed by atoms with E-state index in [0.29, 0.717) is 12.1 Å². The monoisotopic (exact) mass is 338 g/mol. The van der Waals surface area contributed by atoms with Crippen molar-refractivity contribution in [2.24, 2.45) is 0 Å². The van der Waals surface area contributed by atoms with Crippen molar-refractivity contribution < 1.29 is 4.79 Å². The molecule has 1 aromatic carbocycles. The van der Waals surface area contributed by atoms with Gasteiger partial charge in [-0.25, -0.2) is 4.79 Å². The highest BCUT2D eigenvalue weighted by molar-refractivity contribution is 6.01. The summed E-state index contributed by atoms with van der Waals surface area (Å²) >= 11 is 0. The zero-order chi connectivity index (χ0) is 17.4. The Bertz CT molecular complexity index is 784. The van der Waals surface area contributed by atoms with E-state index < -0.39 is 0 Å². The molecule has 2 aliphatic heterocycles. The van der Waals surface area contributed by atoms with Gasteiger partial charge in [0.25, 0.3) is 0 Å². The van der Waals surface area contributed by atoms with Gasteiger partial charge in [0.05, 0.1) is 11.2 Å². The van der Waals surface area contributed by atoms with Crippen molar-refractivity contribution in [2.75, 3.05) is 25.0 Å². The van der Waals surface area contributed by atoms with Crippen LogP contribution in [-0.2, 0) is 0 Å². The van der Waals surface area contributed by atoms with E-state index in [1.807, 2.05) is 36.1 Å². The molecule has 0 aliphatic carbocycles. The van der Waals surface area contributed by atoms with Crippen molar-refractivity contribution in [1.29, 1.82) is 0 Å². The number of hydrogen-bond acceptors (Lipinski definition) is 3. The minimum atomic E-state index is -0.00470. The maximum Gasteiger partial charge on any atom is 0.321 e. The predicted octanol–water partition coefficient (Wildman–Crippen LogP) is 3.63. The second-order valence-electron chi connectivity index (χ2n) is 7.40. The predicted molar refractivity (Wildman–Crippen MR) is 101 cm³/mol. The third kappa shape index (κ3) is 3.09. The number of nitrogens with one attached hydrogen (secondary N) is 1. The Morgan fingerprint density at radius 3 is 2.88 bits per heavy atom. The number of pyridine rings is 1. The molecule has 25 heavy (non-hydrogen) atoms. The Morgan fingerprint density at radius 1 is 1.24 bits per heavy atom. The van der Waals surface area contributed by atoms with Crippen LogP contribution < -0.4 is 5.32 Å². The standard InChI is InChI=1S/C20H26N4O/c1-14-8-9-18(17-7-5-10-21-19(14)17)22-20(25)23-12-16(13-23)24-11-4-3-6-15(24)2/h5,7-10,15-16H,3-4,6,11-13H2,1-2H3,(H,22,25)/t15-/m1/s1. The number of carbonyl (C=O) groups is 1. The van der Waals surface area contributed by atoms with Gasteiger partial charge in [0.15, 0.2) is 0 Å². The molecule has 132 valence electrons. The summed E-state index contributed by atoms with van der Waals surface area (Å²) in [5.41, 5.74) is 2.91. The Morgan fingerprint density at radius 2 is 2.08 bits per heavy atom. The lowest BCUT2D eigenvalue weighted by molar-refractivity contribution is 0.0199. The van der Waals surface area contributed by atoms with Crippen molar-refractivity contribution in [3.05, 3.63) is 36.0 Å². The Kier molecular flexibility index (Phi) is 4.34. The van der Waals surface area contributed by atoms with Crippen LogP contribution in [0.3, 0.4) is 0 Å². The molecule has 0 spiro atoms. The van der Waals surface area contributed by atoms with Crippen LogP contribution in [0.5, 0.6) is 0 Å². The van der Waals surface area contributed by atoms with Crippen molar-refractivity contribution in [3.8, 4) is 0 Å². The number of benzene rings is 1. The largest absolute Gasteiger partial charge is 0.321 e. The van der Waals surface area contributed by atoms with E-state index in [-0.39, 0.29) is 6.03 Å². The highest BCUT2D eigenvalue weighted by Gasteiger charge is 2.37. The van der Waals surface area contributed by atoms with Gasteiger partial charge in [-0.15, -0.1) is 0 Å². The fourth-order valence-corrected chi connectivity index (χ4v) is 4.11. The Hall–Kier alpha value is -2.14. The summed E-state index contributed by atoms with van der Waals surface area (Å²) in [6.07, 6.45) is 5.70. The molecule has 0 bridgehead atoms. The number of aryl methyl sites for hydroxylation is 1. The summed E-state index contributed by atoms with van der Waals surface area (Å²) in [4.78, 5) is 21.5. The van der Waals surface area contributed by atoms with Gasteiger partial charge >= 0.3 is 6.03 Å². The van der Waals surface area contributed by atoms with E-state index in [1.165, 1.54) is 25.8 Å². The average Bonchev–Trinajstić information content (AvgIpc) is 2.58. The van der Waals surface area contributed by atoms with Gasteiger partial charge in [0, 0.05) is 36.8 Å². The second-order valence-corrected chi connectivity index (χ2v) is 7.40. The zero-order valence-corrected chi connectivity index (χ0v) is 15.0. The fraction of sp³-hybridized carbons (Fsp3) is 0.500. The number of rotatable bonds is 2. The van der Waals surface area contributed by atoms with E-state index >= 15 is 0 Å². The van der Waals surface area contributed by atoms with Gasteiger partial charge in [0.1, 0.15) is 0 Å². The minimum Gasteiger partial charge on any atom is -0.321 e. The van der Waals surface area contributed by atoms with Crippen LogP contribution in [0.15, 0.2) is 30.5 Å². The number of likely N-dealkylation sites (tertiary alicyclic amines) is 2. The van der Waals surface area contributed by atoms with Crippen LogP contribution >= 0.6 is 0 Å². The first-order valence-electron chi connectivity index (χ1n) is 9.29. The summed E-state index contributed by atoms with van der Waals surface area (Å²) in [6.45, 7) is 7.19. The molecule has 2 amide bonds. The highest BCUT2D eigenvalue weighted by atomic mass is 16.2. The molecular weight excluding hydrogens is 312 g/mol. The molecule has 2 saturated heterocycles. The van der Waals surface area contributed by atoms with E-state index in [0.717, 1.165) is 35.2 Å². The highest BCUT2D eigenvalue weighted by Crippen LogP contribution is 2.27. The van der Waals surface area contributed by atoms with Crippen LogP contribution in [0.1, 0.15) is 31.7 Å². The maximum atomic E-state index is 12.6. The number of urea groups is 1. The van der Waals surface area contributed by atoms with Crippen molar-refractivity contribution >= 4 is 22.6 Å². The molecule has 0 unspecified atom stereocenters. The van der Waals surface area contributed by atoms with Crippen LogP contribution in [-0.4, -0.2) is 52.5 Å². The van der Waals surface area contributed by atoms with Crippen LogP contribution in [0.4, 0.5) is 10.5 Å². The Labute approximate surface area is 149 Å². The first-order valence-corrected chi connectivity index (χ1v) is 9.29. The molecule has 5 nitrogen and oxygen atoms in total. The van der Waals surface area contributed by atoms with Crippen LogP contribution in [0.2, 0.25) is 0 Å². The summed E-state index contributed by atoms with van der Waals surface area (Å²) in [5, 5.41) is 4.08. The lowest BCUT2D eigenvalue weighted by atomic mass is 9.98. The normalized spacial score (nSPS) is 22.0. The topological polar surface area (TPSA) is 48.5 Å². The molecule has 2 fully saturated rings. The van der Waals surface area contributed by atoms with Crippen LogP contribution in [0.25, 0.3) is 10.9 Å².